The molecule has 7 heteroatoms. The second-order valence-electron chi connectivity index (χ2n) is 5.99. The van der Waals surface area contributed by atoms with Gasteiger partial charge in [0.25, 0.3) is 0 Å². The normalized spacial score (nSPS) is 22.1. The molecule has 0 radical (unpaired) electrons. The molecule has 1 N–H and O–H groups in total. The first-order valence-electron chi connectivity index (χ1n) is 7.44. The summed E-state index contributed by atoms with van der Waals surface area (Å²) < 4.78 is 4.81. The lowest BCUT2D eigenvalue weighted by Gasteiger charge is -2.19. The molecule has 3 amide bonds. The fourth-order valence-corrected chi connectivity index (χ4v) is 2.65. The van der Waals surface area contributed by atoms with E-state index in [1.807, 2.05) is 0 Å². The Morgan fingerprint density at radius 3 is 2.76 bits per heavy atom. The number of nitrogens with zero attached hydrogens (tertiary/aromatic N) is 2. The van der Waals surface area contributed by atoms with Crippen molar-refractivity contribution >= 4 is 17.9 Å². The molecule has 0 aromatic carbocycles. The first-order chi connectivity index (χ1) is 9.97. The first-order valence-corrected chi connectivity index (χ1v) is 7.44. The highest BCUT2D eigenvalue weighted by atomic mass is 16.6. The topological polar surface area (TPSA) is 79.0 Å². The van der Waals surface area contributed by atoms with E-state index in [1.165, 1.54) is 0 Å². The fourth-order valence-electron chi connectivity index (χ4n) is 2.65. The van der Waals surface area contributed by atoms with Gasteiger partial charge in [-0.1, -0.05) is 13.8 Å². The predicted molar refractivity (Wildman–Crippen MR) is 75.5 cm³/mol. The lowest BCUT2D eigenvalue weighted by molar-refractivity contribution is -0.129. The number of hydrogen-bond donors (Lipinski definition) is 1. The molecule has 2 rings (SSSR count). The third-order valence-electron chi connectivity index (χ3n) is 3.70. The van der Waals surface area contributed by atoms with Crippen molar-refractivity contribution in [2.24, 2.45) is 11.8 Å². The van der Waals surface area contributed by atoms with Crippen LogP contribution in [-0.4, -0.2) is 67.0 Å². The van der Waals surface area contributed by atoms with Crippen LogP contribution in [-0.2, 0) is 14.3 Å². The Balaban J connectivity index is 1.71. The maximum absolute atomic E-state index is 12.1. The van der Waals surface area contributed by atoms with Gasteiger partial charge < -0.3 is 19.9 Å². The van der Waals surface area contributed by atoms with Crippen LogP contribution in [0.4, 0.5) is 4.79 Å². The van der Waals surface area contributed by atoms with Crippen LogP contribution in [0.5, 0.6) is 0 Å². The van der Waals surface area contributed by atoms with Gasteiger partial charge in [-0.25, -0.2) is 4.79 Å². The van der Waals surface area contributed by atoms with Crippen molar-refractivity contribution in [3.05, 3.63) is 0 Å². The molecule has 1 atom stereocenters. The Labute approximate surface area is 124 Å². The third kappa shape index (κ3) is 4.09. The van der Waals surface area contributed by atoms with Crippen LogP contribution in [0.15, 0.2) is 0 Å². The molecular weight excluding hydrogens is 274 g/mol. The minimum atomic E-state index is -0.330. The molecule has 2 saturated heterocycles. The molecule has 0 aromatic rings. The number of nitrogens with one attached hydrogen (secondary N) is 1. The second-order valence-corrected chi connectivity index (χ2v) is 5.99. The second kappa shape index (κ2) is 6.78. The van der Waals surface area contributed by atoms with E-state index in [-0.39, 0.29) is 30.2 Å². The Morgan fingerprint density at radius 1 is 1.38 bits per heavy atom. The number of hydrogen-bond acceptors (Lipinski definition) is 4. The molecule has 0 aromatic heterocycles. The zero-order chi connectivity index (χ0) is 15.4. The molecule has 2 aliphatic rings. The molecule has 7 nitrogen and oxygen atoms in total. The van der Waals surface area contributed by atoms with E-state index < -0.39 is 0 Å². The summed E-state index contributed by atoms with van der Waals surface area (Å²) in [5.41, 5.74) is 0. The van der Waals surface area contributed by atoms with E-state index in [0.717, 1.165) is 0 Å². The standard InChI is InChI=1S/C14H23N3O4/c1-10(2)8-17-9-11(7-12(17)18)13(19)15-3-4-16-5-6-21-14(16)20/h10-11H,3-9H2,1-2H3,(H,15,19). The van der Waals surface area contributed by atoms with Gasteiger partial charge >= 0.3 is 6.09 Å². The summed E-state index contributed by atoms with van der Waals surface area (Å²) in [7, 11) is 0. The van der Waals surface area contributed by atoms with Crippen molar-refractivity contribution < 1.29 is 19.1 Å². The van der Waals surface area contributed by atoms with E-state index >= 15 is 0 Å². The zero-order valence-corrected chi connectivity index (χ0v) is 12.6. The van der Waals surface area contributed by atoms with Crippen molar-refractivity contribution in [1.82, 2.24) is 15.1 Å². The molecule has 0 bridgehead atoms. The summed E-state index contributed by atoms with van der Waals surface area (Å²) in [6, 6.07) is 0. The minimum Gasteiger partial charge on any atom is -0.448 e. The van der Waals surface area contributed by atoms with Gasteiger partial charge in [0.05, 0.1) is 12.5 Å². The number of likely N-dealkylation sites (tertiary alicyclic amines) is 1. The van der Waals surface area contributed by atoms with Crippen molar-refractivity contribution in [3.8, 4) is 0 Å². The van der Waals surface area contributed by atoms with E-state index in [2.05, 4.69) is 19.2 Å². The van der Waals surface area contributed by atoms with Gasteiger partial charge in [-0.15, -0.1) is 0 Å². The smallest absolute Gasteiger partial charge is 0.409 e. The SMILES string of the molecule is CC(C)CN1CC(C(=O)NCCN2CCOC2=O)CC1=O. The van der Waals surface area contributed by atoms with Gasteiger partial charge in [0.2, 0.25) is 11.8 Å². The van der Waals surface area contributed by atoms with Gasteiger partial charge in [-0.05, 0) is 5.92 Å². The van der Waals surface area contributed by atoms with E-state index in [0.29, 0.717) is 45.2 Å². The monoisotopic (exact) mass is 297 g/mol. The third-order valence-corrected chi connectivity index (χ3v) is 3.70. The summed E-state index contributed by atoms with van der Waals surface area (Å²) in [6.07, 6.45) is -0.0481. The highest BCUT2D eigenvalue weighted by Gasteiger charge is 2.34. The van der Waals surface area contributed by atoms with Crippen LogP contribution in [0, 0.1) is 11.8 Å². The van der Waals surface area contributed by atoms with E-state index in [9.17, 15) is 14.4 Å². The van der Waals surface area contributed by atoms with Crippen molar-refractivity contribution in [3.63, 3.8) is 0 Å². The van der Waals surface area contributed by atoms with Crippen molar-refractivity contribution in [2.75, 3.05) is 39.3 Å². The lowest BCUT2D eigenvalue weighted by atomic mass is 10.1. The predicted octanol–water partition coefficient (Wildman–Crippen LogP) is 0.0593. The fraction of sp³-hybridized carbons (Fsp3) is 0.786. The maximum atomic E-state index is 12.1. The molecule has 2 aliphatic heterocycles. The first kappa shape index (κ1) is 15.6. The minimum absolute atomic E-state index is 0.0481. The molecule has 2 fully saturated rings. The van der Waals surface area contributed by atoms with Gasteiger partial charge in [0, 0.05) is 32.6 Å². The number of cyclic esters (lactones) is 1. The number of rotatable bonds is 6. The molecule has 2 heterocycles. The van der Waals surface area contributed by atoms with E-state index in [1.54, 1.807) is 9.80 Å². The van der Waals surface area contributed by atoms with Crippen LogP contribution in [0.3, 0.4) is 0 Å². The van der Waals surface area contributed by atoms with Gasteiger partial charge in [0.15, 0.2) is 0 Å². The van der Waals surface area contributed by atoms with Gasteiger partial charge in [0.1, 0.15) is 6.61 Å². The molecule has 0 spiro atoms. The maximum Gasteiger partial charge on any atom is 0.409 e. The highest BCUT2D eigenvalue weighted by Crippen LogP contribution is 2.19. The summed E-state index contributed by atoms with van der Waals surface area (Å²) >= 11 is 0. The zero-order valence-electron chi connectivity index (χ0n) is 12.6. The summed E-state index contributed by atoms with van der Waals surface area (Å²) in [5, 5.41) is 2.80. The van der Waals surface area contributed by atoms with Crippen LogP contribution in [0.25, 0.3) is 0 Å². The average Bonchev–Trinajstić information content (AvgIpc) is 2.97. The Bertz CT molecular complexity index is 424. The van der Waals surface area contributed by atoms with Gasteiger partial charge in [-0.3, -0.25) is 9.59 Å². The van der Waals surface area contributed by atoms with E-state index in [4.69, 9.17) is 4.74 Å². The average molecular weight is 297 g/mol. The lowest BCUT2D eigenvalue weighted by Crippen LogP contribution is -2.39. The molecule has 0 saturated carbocycles. The summed E-state index contributed by atoms with van der Waals surface area (Å²) in [6.45, 7) is 7.11. The van der Waals surface area contributed by atoms with Crippen LogP contribution < -0.4 is 5.32 Å². The van der Waals surface area contributed by atoms with Crippen LogP contribution in [0.2, 0.25) is 0 Å². The Morgan fingerprint density at radius 2 is 2.14 bits per heavy atom. The molecule has 0 aliphatic carbocycles. The largest absolute Gasteiger partial charge is 0.448 e. The van der Waals surface area contributed by atoms with Gasteiger partial charge in [-0.2, -0.15) is 0 Å². The summed E-state index contributed by atoms with van der Waals surface area (Å²) in [4.78, 5) is 38.4. The quantitative estimate of drug-likeness (QED) is 0.752. The molecule has 21 heavy (non-hydrogen) atoms. The Hall–Kier alpha value is -1.79. The number of carbonyl (C=O) groups is 3. The van der Waals surface area contributed by atoms with Crippen molar-refractivity contribution in [2.45, 2.75) is 20.3 Å². The number of amides is 3. The van der Waals surface area contributed by atoms with Crippen LogP contribution in [0.1, 0.15) is 20.3 Å². The number of carbonyl (C=O) groups excluding carboxylic acids is 3. The molecular formula is C14H23N3O4. The Kier molecular flexibility index (Phi) is 5.03. The highest BCUT2D eigenvalue weighted by molar-refractivity contribution is 5.89. The number of ether oxygens (including phenoxy) is 1. The molecule has 118 valence electrons. The molecule has 1 unspecified atom stereocenters. The van der Waals surface area contributed by atoms with Crippen LogP contribution >= 0.6 is 0 Å². The summed E-state index contributed by atoms with van der Waals surface area (Å²) in [5.74, 6) is 0.0628. The van der Waals surface area contributed by atoms with Crippen molar-refractivity contribution in [1.29, 1.82) is 0 Å².